The van der Waals surface area contributed by atoms with Crippen LogP contribution in [-0.2, 0) is 10.0 Å². The van der Waals surface area contributed by atoms with Crippen molar-refractivity contribution in [3.63, 3.8) is 0 Å². The zero-order valence-electron chi connectivity index (χ0n) is 15.1. The highest BCUT2D eigenvalue weighted by Gasteiger charge is 2.44. The van der Waals surface area contributed by atoms with Gasteiger partial charge in [0.25, 0.3) is 0 Å². The Balaban J connectivity index is 1.34. The van der Waals surface area contributed by atoms with Gasteiger partial charge in [-0.1, -0.05) is 18.2 Å². The van der Waals surface area contributed by atoms with Crippen LogP contribution in [0.2, 0.25) is 0 Å². The van der Waals surface area contributed by atoms with Crippen molar-refractivity contribution in [2.24, 2.45) is 0 Å². The third kappa shape index (κ3) is 2.89. The molecular formula is C19H21N5O2S. The molecule has 5 rings (SSSR count). The summed E-state index contributed by atoms with van der Waals surface area (Å²) in [7, 11) is -1.51. The first-order chi connectivity index (χ1) is 13.0. The van der Waals surface area contributed by atoms with Crippen molar-refractivity contribution in [2.45, 2.75) is 24.1 Å². The van der Waals surface area contributed by atoms with E-state index in [0.29, 0.717) is 13.1 Å². The van der Waals surface area contributed by atoms with Crippen molar-refractivity contribution in [2.75, 3.05) is 25.0 Å². The molecule has 0 spiro atoms. The summed E-state index contributed by atoms with van der Waals surface area (Å²) in [5.74, 6) is 0.779. The molecule has 3 aromatic rings. The van der Waals surface area contributed by atoms with Crippen molar-refractivity contribution in [1.29, 1.82) is 0 Å². The molecule has 2 aliphatic rings. The van der Waals surface area contributed by atoms with Crippen molar-refractivity contribution in [3.8, 4) is 5.69 Å². The van der Waals surface area contributed by atoms with E-state index in [4.69, 9.17) is 0 Å². The van der Waals surface area contributed by atoms with Gasteiger partial charge < -0.3 is 4.90 Å². The van der Waals surface area contributed by atoms with Gasteiger partial charge in [0.15, 0.2) is 0 Å². The Kier molecular flexibility index (Phi) is 3.73. The van der Waals surface area contributed by atoms with Crippen LogP contribution in [0, 0.1) is 0 Å². The van der Waals surface area contributed by atoms with Gasteiger partial charge in [-0.25, -0.2) is 22.4 Å². The van der Waals surface area contributed by atoms with Crippen LogP contribution in [0.15, 0.2) is 48.8 Å². The summed E-state index contributed by atoms with van der Waals surface area (Å²) in [6, 6.07) is 12.1. The molecule has 1 saturated carbocycles. The molecule has 140 valence electrons. The van der Waals surface area contributed by atoms with E-state index in [9.17, 15) is 8.42 Å². The maximum atomic E-state index is 12.6. The second kappa shape index (κ2) is 6.03. The molecule has 0 unspecified atom stereocenters. The highest BCUT2D eigenvalue weighted by Crippen LogP contribution is 2.32. The number of para-hydroxylation sites is 1. The van der Waals surface area contributed by atoms with E-state index < -0.39 is 10.0 Å². The van der Waals surface area contributed by atoms with Crippen molar-refractivity contribution in [1.82, 2.24) is 19.1 Å². The van der Waals surface area contributed by atoms with Crippen molar-refractivity contribution in [3.05, 3.63) is 48.8 Å². The van der Waals surface area contributed by atoms with Crippen molar-refractivity contribution >= 4 is 26.7 Å². The first kappa shape index (κ1) is 16.7. The number of rotatable bonds is 5. The van der Waals surface area contributed by atoms with Gasteiger partial charge in [0, 0.05) is 50.0 Å². The maximum Gasteiger partial charge on any atom is 0.220 e. The number of aromatic nitrogens is 3. The zero-order chi connectivity index (χ0) is 18.6. The van der Waals surface area contributed by atoms with Gasteiger partial charge in [-0.15, -0.1) is 0 Å². The number of hydrogen-bond acceptors (Lipinski definition) is 5. The van der Waals surface area contributed by atoms with Gasteiger partial charge in [-0.2, -0.15) is 5.10 Å². The van der Waals surface area contributed by atoms with E-state index in [1.807, 2.05) is 52.2 Å². The quantitative estimate of drug-likeness (QED) is 0.674. The summed E-state index contributed by atoms with van der Waals surface area (Å²) < 4.78 is 28.6. The van der Waals surface area contributed by atoms with Crippen LogP contribution in [-0.4, -0.2) is 58.9 Å². The molecule has 8 heteroatoms. The van der Waals surface area contributed by atoms with Gasteiger partial charge in [-0.3, -0.25) is 0 Å². The average Bonchev–Trinajstić information content (AvgIpc) is 3.39. The molecule has 2 aromatic heterocycles. The molecule has 1 aliphatic carbocycles. The number of nitrogens with zero attached hydrogens (tertiary/aromatic N) is 5. The first-order valence-electron chi connectivity index (χ1n) is 9.15. The Morgan fingerprint density at radius 1 is 1.15 bits per heavy atom. The topological polar surface area (TPSA) is 71.3 Å². The van der Waals surface area contributed by atoms with Crippen molar-refractivity contribution < 1.29 is 8.42 Å². The van der Waals surface area contributed by atoms with E-state index in [0.717, 1.165) is 35.2 Å². The van der Waals surface area contributed by atoms with Gasteiger partial charge in [0.05, 0.1) is 11.2 Å². The Morgan fingerprint density at radius 3 is 2.59 bits per heavy atom. The van der Waals surface area contributed by atoms with Crippen LogP contribution in [0.4, 0.5) is 5.82 Å². The Hall–Kier alpha value is -2.45. The molecule has 0 radical (unpaired) electrons. The molecule has 3 heterocycles. The SMILES string of the molecule is CN(C1CC1)S(=O)(=O)C1CN(c2cc3nn(-c4ccccc4)cc3cn2)C1. The number of sulfonamides is 1. The van der Waals surface area contributed by atoms with Gasteiger partial charge in [-0.05, 0) is 25.0 Å². The van der Waals surface area contributed by atoms with Crippen LogP contribution in [0.5, 0.6) is 0 Å². The summed E-state index contributed by atoms with van der Waals surface area (Å²) >= 11 is 0. The molecule has 0 bridgehead atoms. The Bertz CT molecular complexity index is 1090. The Labute approximate surface area is 158 Å². The minimum absolute atomic E-state index is 0.209. The summed E-state index contributed by atoms with van der Waals surface area (Å²) in [6.45, 7) is 0.967. The average molecular weight is 383 g/mol. The van der Waals surface area contributed by atoms with Crippen LogP contribution < -0.4 is 4.90 Å². The largest absolute Gasteiger partial charge is 0.354 e. The molecule has 1 aromatic carbocycles. The molecule has 0 amide bonds. The highest BCUT2D eigenvalue weighted by molar-refractivity contribution is 7.89. The second-order valence-corrected chi connectivity index (χ2v) is 9.60. The fourth-order valence-electron chi connectivity index (χ4n) is 3.49. The van der Waals surface area contributed by atoms with Crippen LogP contribution in [0.1, 0.15) is 12.8 Å². The van der Waals surface area contributed by atoms with E-state index in [1.54, 1.807) is 17.5 Å². The molecule has 0 N–H and O–H groups in total. The van der Waals surface area contributed by atoms with Gasteiger partial charge in [0.2, 0.25) is 10.0 Å². The lowest BCUT2D eigenvalue weighted by Gasteiger charge is -2.41. The molecule has 1 aliphatic heterocycles. The molecule has 2 fully saturated rings. The van der Waals surface area contributed by atoms with Gasteiger partial charge in [0.1, 0.15) is 11.1 Å². The van der Waals surface area contributed by atoms with E-state index in [-0.39, 0.29) is 11.3 Å². The molecule has 7 nitrogen and oxygen atoms in total. The van der Waals surface area contributed by atoms with E-state index in [1.165, 1.54) is 0 Å². The van der Waals surface area contributed by atoms with Crippen LogP contribution in [0.25, 0.3) is 16.6 Å². The molecule has 1 saturated heterocycles. The van der Waals surface area contributed by atoms with E-state index in [2.05, 4.69) is 10.1 Å². The maximum absolute atomic E-state index is 12.6. The highest BCUT2D eigenvalue weighted by atomic mass is 32.2. The fourth-order valence-corrected chi connectivity index (χ4v) is 5.32. The predicted octanol–water partition coefficient (Wildman–Crippen LogP) is 2.03. The number of hydrogen-bond donors (Lipinski definition) is 0. The first-order valence-corrected chi connectivity index (χ1v) is 10.7. The third-order valence-electron chi connectivity index (χ3n) is 5.45. The normalized spacial score (nSPS) is 18.2. The summed E-state index contributed by atoms with van der Waals surface area (Å²) in [5.41, 5.74) is 1.85. The summed E-state index contributed by atoms with van der Waals surface area (Å²) in [4.78, 5) is 6.51. The lowest BCUT2D eigenvalue weighted by atomic mass is 10.2. The number of pyridine rings is 1. The third-order valence-corrected chi connectivity index (χ3v) is 7.69. The zero-order valence-corrected chi connectivity index (χ0v) is 15.9. The lowest BCUT2D eigenvalue weighted by Crippen LogP contribution is -2.58. The Morgan fingerprint density at radius 2 is 1.89 bits per heavy atom. The predicted molar refractivity (Wildman–Crippen MR) is 105 cm³/mol. The second-order valence-electron chi connectivity index (χ2n) is 7.33. The number of benzene rings is 1. The molecule has 0 atom stereocenters. The fraction of sp³-hybridized carbons (Fsp3) is 0.368. The lowest BCUT2D eigenvalue weighted by molar-refractivity contribution is 0.437. The smallest absolute Gasteiger partial charge is 0.220 e. The molecule has 27 heavy (non-hydrogen) atoms. The van der Waals surface area contributed by atoms with Crippen LogP contribution >= 0.6 is 0 Å². The summed E-state index contributed by atoms with van der Waals surface area (Å²) in [6.07, 6.45) is 5.72. The van der Waals surface area contributed by atoms with Gasteiger partial charge >= 0.3 is 0 Å². The monoisotopic (exact) mass is 383 g/mol. The summed E-state index contributed by atoms with van der Waals surface area (Å²) in [5, 5.41) is 5.25. The number of fused-ring (bicyclic) bond motifs is 1. The van der Waals surface area contributed by atoms with Crippen LogP contribution in [0.3, 0.4) is 0 Å². The molecular weight excluding hydrogens is 362 g/mol. The standard InChI is InChI=1S/C19H21N5O2S/c1-22(15-7-8-15)27(25,26)17-12-23(13-17)19-9-18-14(10-20-19)11-24(21-18)16-5-3-2-4-6-16/h2-6,9-11,15,17H,7-8,12-13H2,1H3. The minimum atomic E-state index is -3.21. The number of anilines is 1. The minimum Gasteiger partial charge on any atom is -0.354 e. The van der Waals surface area contributed by atoms with E-state index >= 15 is 0 Å².